The van der Waals surface area contributed by atoms with Gasteiger partial charge in [0.05, 0.1) is 17.8 Å². The van der Waals surface area contributed by atoms with Crippen molar-refractivity contribution in [1.82, 2.24) is 14.9 Å². The third-order valence-corrected chi connectivity index (χ3v) is 8.09. The van der Waals surface area contributed by atoms with Gasteiger partial charge in [-0.3, -0.25) is 9.78 Å². The van der Waals surface area contributed by atoms with Crippen LogP contribution in [0.25, 0.3) is 5.69 Å². The molecule has 8 nitrogen and oxygen atoms in total. The van der Waals surface area contributed by atoms with Gasteiger partial charge in [0.2, 0.25) is 12.7 Å². The van der Waals surface area contributed by atoms with Crippen LogP contribution >= 0.6 is 12.2 Å². The molecule has 0 radical (unpaired) electrons. The monoisotopic (exact) mass is 567 g/mol. The highest BCUT2D eigenvalue weighted by Gasteiger charge is 2.42. The van der Waals surface area contributed by atoms with E-state index in [4.69, 9.17) is 26.7 Å². The Morgan fingerprint density at radius 3 is 2.54 bits per heavy atom. The fourth-order valence-corrected chi connectivity index (χ4v) is 6.02. The summed E-state index contributed by atoms with van der Waals surface area (Å²) >= 11 is 5.97. The van der Waals surface area contributed by atoms with Gasteiger partial charge in [-0.25, -0.2) is 0 Å². The number of nitrogens with zero attached hydrogens (tertiary/aromatic N) is 3. The fourth-order valence-electron chi connectivity index (χ4n) is 5.67. The van der Waals surface area contributed by atoms with Gasteiger partial charge in [-0.05, 0) is 92.6 Å². The van der Waals surface area contributed by atoms with Crippen molar-refractivity contribution in [2.75, 3.05) is 17.0 Å². The van der Waals surface area contributed by atoms with E-state index in [1.54, 1.807) is 0 Å². The van der Waals surface area contributed by atoms with Crippen LogP contribution in [0.4, 0.5) is 11.4 Å². The molecule has 0 saturated carbocycles. The third-order valence-electron chi connectivity index (χ3n) is 7.77. The zero-order chi connectivity index (χ0) is 28.8. The Bertz CT molecular complexity index is 1650. The molecule has 9 heteroatoms. The van der Waals surface area contributed by atoms with Crippen molar-refractivity contribution in [2.24, 2.45) is 5.92 Å². The highest BCUT2D eigenvalue weighted by atomic mass is 32.1. The second-order valence-corrected chi connectivity index (χ2v) is 11.2. The number of anilines is 2. The number of carbonyl (C=O) groups excluding carboxylic acids is 1. The molecule has 2 aromatic carbocycles. The first-order valence-corrected chi connectivity index (χ1v) is 14.1. The van der Waals surface area contributed by atoms with Gasteiger partial charge in [-0.1, -0.05) is 19.9 Å². The van der Waals surface area contributed by atoms with Crippen molar-refractivity contribution in [3.05, 3.63) is 95.1 Å². The second-order valence-electron chi connectivity index (χ2n) is 10.8. The molecule has 2 aliphatic rings. The molecule has 2 atom stereocenters. The number of aryl methyl sites for hydroxylation is 2. The highest BCUT2D eigenvalue weighted by molar-refractivity contribution is 7.80. The topological polar surface area (TPSA) is 80.7 Å². The lowest BCUT2D eigenvalue weighted by molar-refractivity contribution is -0.118. The molecule has 6 rings (SSSR count). The minimum atomic E-state index is -0.171. The molecule has 2 aromatic heterocycles. The number of hydrogen-bond donors (Lipinski definition) is 2. The predicted molar refractivity (Wildman–Crippen MR) is 164 cm³/mol. The van der Waals surface area contributed by atoms with Gasteiger partial charge in [0.15, 0.2) is 16.6 Å². The Balaban J connectivity index is 1.44. The summed E-state index contributed by atoms with van der Waals surface area (Å²) in [6.07, 6.45) is 1.81. The number of benzene rings is 2. The Kier molecular flexibility index (Phi) is 6.91. The van der Waals surface area contributed by atoms with Gasteiger partial charge in [0, 0.05) is 46.6 Å². The molecule has 0 aliphatic carbocycles. The number of amides is 1. The predicted octanol–water partition coefficient (Wildman–Crippen LogP) is 6.30. The van der Waals surface area contributed by atoms with Gasteiger partial charge in [0.25, 0.3) is 0 Å². The van der Waals surface area contributed by atoms with E-state index in [9.17, 15) is 4.79 Å². The molecular formula is C32H33N5O3S. The molecule has 0 unspecified atom stereocenters. The largest absolute Gasteiger partial charge is 0.454 e. The maximum atomic E-state index is 12.4. The van der Waals surface area contributed by atoms with E-state index in [-0.39, 0.29) is 30.7 Å². The first-order valence-electron chi connectivity index (χ1n) is 13.7. The highest BCUT2D eigenvalue weighted by Crippen LogP contribution is 2.45. The summed E-state index contributed by atoms with van der Waals surface area (Å²) in [5.41, 5.74) is 7.95. The molecule has 4 heterocycles. The van der Waals surface area contributed by atoms with Crippen LogP contribution in [0.5, 0.6) is 11.5 Å². The number of fused-ring (bicyclic) bond motifs is 1. The van der Waals surface area contributed by atoms with Crippen LogP contribution in [0.2, 0.25) is 0 Å². The molecule has 1 amide bonds. The van der Waals surface area contributed by atoms with E-state index >= 15 is 0 Å². The molecule has 4 aromatic rings. The quantitative estimate of drug-likeness (QED) is 0.265. The average molecular weight is 568 g/mol. The van der Waals surface area contributed by atoms with Crippen molar-refractivity contribution in [3.8, 4) is 17.2 Å². The third kappa shape index (κ3) is 4.80. The normalized spacial score (nSPS) is 17.7. The summed E-state index contributed by atoms with van der Waals surface area (Å²) in [6.45, 7) is 10.3. The number of pyridine rings is 1. The lowest BCUT2D eigenvalue weighted by atomic mass is 9.96. The fraction of sp³-hybridized carbons (Fsp3) is 0.281. The van der Waals surface area contributed by atoms with Crippen molar-refractivity contribution in [1.29, 1.82) is 0 Å². The van der Waals surface area contributed by atoms with Crippen LogP contribution in [0.1, 0.15) is 54.1 Å². The van der Waals surface area contributed by atoms with Crippen LogP contribution in [0.15, 0.2) is 66.9 Å². The first kappa shape index (κ1) is 26.8. The molecule has 2 aliphatic heterocycles. The molecule has 41 heavy (non-hydrogen) atoms. The number of carbonyl (C=O) groups is 1. The summed E-state index contributed by atoms with van der Waals surface area (Å²) in [5.74, 6) is 1.39. The van der Waals surface area contributed by atoms with Crippen LogP contribution in [-0.4, -0.2) is 27.4 Å². The van der Waals surface area contributed by atoms with Gasteiger partial charge in [-0.2, -0.15) is 0 Å². The van der Waals surface area contributed by atoms with E-state index < -0.39 is 0 Å². The van der Waals surface area contributed by atoms with Crippen molar-refractivity contribution >= 4 is 34.6 Å². The lowest BCUT2D eigenvalue weighted by Crippen LogP contribution is -2.29. The minimum absolute atomic E-state index is 0.0109. The number of thiocarbonyl (C=S) groups is 1. The van der Waals surface area contributed by atoms with E-state index in [1.807, 2.05) is 69.4 Å². The Hall–Kier alpha value is -4.37. The smallest absolute Gasteiger partial charge is 0.231 e. The van der Waals surface area contributed by atoms with Crippen molar-refractivity contribution in [2.45, 2.75) is 46.7 Å². The second kappa shape index (κ2) is 10.6. The lowest BCUT2D eigenvalue weighted by Gasteiger charge is -2.29. The molecule has 1 fully saturated rings. The maximum absolute atomic E-state index is 12.4. The van der Waals surface area contributed by atoms with Crippen LogP contribution < -0.4 is 25.0 Å². The van der Waals surface area contributed by atoms with E-state index in [0.29, 0.717) is 5.11 Å². The van der Waals surface area contributed by atoms with Gasteiger partial charge < -0.3 is 29.6 Å². The Morgan fingerprint density at radius 1 is 1.02 bits per heavy atom. The summed E-state index contributed by atoms with van der Waals surface area (Å²) in [7, 11) is 0. The Labute approximate surface area is 245 Å². The van der Waals surface area contributed by atoms with E-state index in [1.165, 1.54) is 0 Å². The van der Waals surface area contributed by atoms with Gasteiger partial charge in [-0.15, -0.1) is 0 Å². The molecule has 210 valence electrons. The number of nitrogens with one attached hydrogen (secondary N) is 2. The zero-order valence-corrected chi connectivity index (χ0v) is 24.6. The Morgan fingerprint density at radius 2 is 1.80 bits per heavy atom. The number of aromatic nitrogens is 2. The standard InChI is InChI=1S/C32H33N5O3S/c1-18(2)31(38)34-25-11-9-22(14-19(25)3)37-30(29(35-32(37)41)26-8-6-7-13-33-26)24-15-20(4)36(21(24)5)23-10-12-27-28(16-23)40-17-39-27/h6-16,18,29-30H,17H2,1-5H3,(H,34,38)(H,35,41)/t29-,30-/m1/s1. The van der Waals surface area contributed by atoms with Crippen molar-refractivity contribution < 1.29 is 14.3 Å². The summed E-state index contributed by atoms with van der Waals surface area (Å²) < 4.78 is 13.4. The molecule has 0 spiro atoms. The molecule has 0 bridgehead atoms. The summed E-state index contributed by atoms with van der Waals surface area (Å²) in [5, 5.41) is 7.21. The number of rotatable bonds is 6. The van der Waals surface area contributed by atoms with Gasteiger partial charge in [0.1, 0.15) is 0 Å². The van der Waals surface area contributed by atoms with Crippen LogP contribution in [0.3, 0.4) is 0 Å². The van der Waals surface area contributed by atoms with Crippen molar-refractivity contribution in [3.63, 3.8) is 0 Å². The van der Waals surface area contributed by atoms with Gasteiger partial charge >= 0.3 is 0 Å². The first-order chi connectivity index (χ1) is 19.7. The van der Waals surface area contributed by atoms with Crippen LogP contribution in [-0.2, 0) is 4.79 Å². The summed E-state index contributed by atoms with van der Waals surface area (Å²) in [4.78, 5) is 19.2. The van der Waals surface area contributed by atoms with Crippen LogP contribution in [0, 0.1) is 26.7 Å². The minimum Gasteiger partial charge on any atom is -0.454 e. The molecule has 2 N–H and O–H groups in total. The number of ether oxygens (including phenoxy) is 2. The molecular weight excluding hydrogens is 534 g/mol. The van der Waals surface area contributed by atoms with E-state index in [2.05, 4.69) is 52.1 Å². The summed E-state index contributed by atoms with van der Waals surface area (Å²) in [6, 6.07) is 19.9. The number of hydrogen-bond acceptors (Lipinski definition) is 5. The zero-order valence-electron chi connectivity index (χ0n) is 23.8. The maximum Gasteiger partial charge on any atom is 0.231 e. The SMILES string of the molecule is Cc1cc(N2C(=S)N[C@H](c3ccccn3)[C@H]2c2cc(C)n(-c3ccc4c(c3)OCO4)c2C)ccc1NC(=O)C(C)C. The molecule has 1 saturated heterocycles. The van der Waals surface area contributed by atoms with E-state index in [0.717, 1.165) is 56.8 Å². The average Bonchev–Trinajstić information content (AvgIpc) is 3.64.